The molecule has 0 radical (unpaired) electrons. The minimum Gasteiger partial charge on any atom is -0.465 e. The van der Waals surface area contributed by atoms with E-state index in [9.17, 15) is 4.79 Å². The van der Waals surface area contributed by atoms with Crippen LogP contribution in [0.15, 0.2) is 12.3 Å². The molecule has 2 rings (SSSR count). The molecule has 5 nitrogen and oxygen atoms in total. The molecule has 0 aromatic carbocycles. The van der Waals surface area contributed by atoms with E-state index in [1.807, 2.05) is 19.3 Å². The highest BCUT2D eigenvalue weighted by atomic mass is 16.4. The molecule has 1 aromatic rings. The second-order valence-corrected chi connectivity index (χ2v) is 3.55. The molecule has 1 aliphatic rings. The molecule has 1 N–H and O–H groups in total. The SMILES string of the molecule is Cn1ccc(C2CCCN2C(=O)O)n1. The lowest BCUT2D eigenvalue weighted by Gasteiger charge is -2.19. The van der Waals surface area contributed by atoms with Crippen molar-refractivity contribution in [3.05, 3.63) is 18.0 Å². The van der Waals surface area contributed by atoms with Gasteiger partial charge in [-0.15, -0.1) is 0 Å². The summed E-state index contributed by atoms with van der Waals surface area (Å²) < 4.78 is 1.70. The van der Waals surface area contributed by atoms with Crippen molar-refractivity contribution >= 4 is 6.09 Å². The minimum atomic E-state index is -0.849. The van der Waals surface area contributed by atoms with Gasteiger partial charge in [0.1, 0.15) is 0 Å². The summed E-state index contributed by atoms with van der Waals surface area (Å²) in [6, 6.07) is 1.83. The van der Waals surface area contributed by atoms with Gasteiger partial charge in [-0.2, -0.15) is 5.10 Å². The van der Waals surface area contributed by atoms with Crippen molar-refractivity contribution in [3.8, 4) is 0 Å². The highest BCUT2D eigenvalue weighted by Crippen LogP contribution is 2.30. The minimum absolute atomic E-state index is 0.0475. The van der Waals surface area contributed by atoms with Crippen LogP contribution in [0.2, 0.25) is 0 Å². The Morgan fingerprint density at radius 2 is 2.50 bits per heavy atom. The van der Waals surface area contributed by atoms with Crippen LogP contribution in [0.25, 0.3) is 0 Å². The fourth-order valence-electron chi connectivity index (χ4n) is 1.91. The predicted molar refractivity (Wildman–Crippen MR) is 49.9 cm³/mol. The van der Waals surface area contributed by atoms with Crippen LogP contribution in [-0.2, 0) is 7.05 Å². The Balaban J connectivity index is 2.21. The van der Waals surface area contributed by atoms with Crippen LogP contribution < -0.4 is 0 Å². The number of likely N-dealkylation sites (tertiary alicyclic amines) is 1. The Morgan fingerprint density at radius 1 is 1.71 bits per heavy atom. The van der Waals surface area contributed by atoms with Crippen molar-refractivity contribution in [1.29, 1.82) is 0 Å². The number of hydrogen-bond acceptors (Lipinski definition) is 2. The van der Waals surface area contributed by atoms with Gasteiger partial charge in [0, 0.05) is 19.8 Å². The lowest BCUT2D eigenvalue weighted by molar-refractivity contribution is 0.139. The van der Waals surface area contributed by atoms with Crippen LogP contribution in [0.3, 0.4) is 0 Å². The van der Waals surface area contributed by atoms with Gasteiger partial charge >= 0.3 is 6.09 Å². The number of aryl methyl sites for hydroxylation is 1. The van der Waals surface area contributed by atoms with E-state index in [4.69, 9.17) is 5.11 Å². The van der Waals surface area contributed by atoms with E-state index in [0.717, 1.165) is 18.5 Å². The number of aromatic nitrogens is 2. The zero-order valence-corrected chi connectivity index (χ0v) is 8.05. The average molecular weight is 195 g/mol. The van der Waals surface area contributed by atoms with Gasteiger partial charge in [0.25, 0.3) is 0 Å². The summed E-state index contributed by atoms with van der Waals surface area (Å²) in [6.07, 6.45) is 2.79. The van der Waals surface area contributed by atoms with Crippen molar-refractivity contribution in [2.45, 2.75) is 18.9 Å². The zero-order valence-electron chi connectivity index (χ0n) is 8.05. The second kappa shape index (κ2) is 3.32. The number of hydrogen-bond donors (Lipinski definition) is 1. The molecule has 0 aliphatic carbocycles. The standard InChI is InChI=1S/C9H13N3O2/c1-11-6-4-7(10-11)8-3-2-5-12(8)9(13)14/h4,6,8H,2-3,5H2,1H3,(H,13,14). The first-order valence-corrected chi connectivity index (χ1v) is 4.67. The first-order valence-electron chi connectivity index (χ1n) is 4.67. The highest BCUT2D eigenvalue weighted by molar-refractivity contribution is 5.66. The van der Waals surface area contributed by atoms with Gasteiger partial charge in [0.2, 0.25) is 0 Å². The van der Waals surface area contributed by atoms with Gasteiger partial charge in [-0.05, 0) is 18.9 Å². The second-order valence-electron chi connectivity index (χ2n) is 3.55. The molecular weight excluding hydrogens is 182 g/mol. The summed E-state index contributed by atoms with van der Waals surface area (Å²) in [5.41, 5.74) is 0.854. The summed E-state index contributed by atoms with van der Waals surface area (Å²) in [5, 5.41) is 13.2. The topological polar surface area (TPSA) is 58.4 Å². The monoisotopic (exact) mass is 195 g/mol. The Morgan fingerprint density at radius 3 is 3.07 bits per heavy atom. The summed E-state index contributed by atoms with van der Waals surface area (Å²) in [4.78, 5) is 12.3. The summed E-state index contributed by atoms with van der Waals surface area (Å²) in [7, 11) is 1.84. The normalized spacial score (nSPS) is 21.5. The Labute approximate surface area is 81.9 Å². The van der Waals surface area contributed by atoms with Crippen LogP contribution >= 0.6 is 0 Å². The molecule has 0 spiro atoms. The summed E-state index contributed by atoms with van der Waals surface area (Å²) >= 11 is 0. The molecule has 76 valence electrons. The van der Waals surface area contributed by atoms with Crippen LogP contribution in [0.5, 0.6) is 0 Å². The molecule has 5 heteroatoms. The third-order valence-corrected chi connectivity index (χ3v) is 2.57. The smallest absolute Gasteiger partial charge is 0.407 e. The van der Waals surface area contributed by atoms with E-state index in [-0.39, 0.29) is 6.04 Å². The molecule has 0 bridgehead atoms. The van der Waals surface area contributed by atoms with Crippen LogP contribution in [-0.4, -0.2) is 32.4 Å². The number of rotatable bonds is 1. The Hall–Kier alpha value is -1.52. The summed E-state index contributed by atoms with van der Waals surface area (Å²) in [6.45, 7) is 0.622. The molecule has 1 atom stereocenters. The van der Waals surface area contributed by atoms with Crippen LogP contribution in [0.4, 0.5) is 4.79 Å². The average Bonchev–Trinajstić information content (AvgIpc) is 2.70. The number of carboxylic acid groups (broad SMARTS) is 1. The maximum atomic E-state index is 10.9. The molecular formula is C9H13N3O2. The molecule has 1 fully saturated rings. The van der Waals surface area contributed by atoms with Gasteiger partial charge < -0.3 is 5.11 Å². The van der Waals surface area contributed by atoms with E-state index in [1.165, 1.54) is 4.90 Å². The third-order valence-electron chi connectivity index (χ3n) is 2.57. The van der Waals surface area contributed by atoms with E-state index in [2.05, 4.69) is 5.10 Å². The molecule has 14 heavy (non-hydrogen) atoms. The molecule has 2 heterocycles. The molecule has 1 aromatic heterocycles. The maximum Gasteiger partial charge on any atom is 0.407 e. The van der Waals surface area contributed by atoms with Gasteiger partial charge in [-0.3, -0.25) is 9.58 Å². The molecule has 1 saturated heterocycles. The van der Waals surface area contributed by atoms with E-state index in [1.54, 1.807) is 4.68 Å². The molecule has 1 amide bonds. The van der Waals surface area contributed by atoms with Crippen LogP contribution in [0, 0.1) is 0 Å². The lowest BCUT2D eigenvalue weighted by atomic mass is 10.1. The van der Waals surface area contributed by atoms with Crippen molar-refractivity contribution in [2.75, 3.05) is 6.54 Å². The lowest BCUT2D eigenvalue weighted by Crippen LogP contribution is -2.29. The van der Waals surface area contributed by atoms with Crippen LogP contribution in [0.1, 0.15) is 24.6 Å². The number of amides is 1. The van der Waals surface area contributed by atoms with E-state index >= 15 is 0 Å². The van der Waals surface area contributed by atoms with Crippen molar-refractivity contribution in [3.63, 3.8) is 0 Å². The molecule has 1 aliphatic heterocycles. The maximum absolute atomic E-state index is 10.9. The first kappa shape index (κ1) is 9.05. The molecule has 1 unspecified atom stereocenters. The van der Waals surface area contributed by atoms with E-state index in [0.29, 0.717) is 6.54 Å². The quantitative estimate of drug-likeness (QED) is 0.733. The fraction of sp³-hybridized carbons (Fsp3) is 0.556. The third kappa shape index (κ3) is 1.45. The van der Waals surface area contributed by atoms with Crippen molar-refractivity contribution < 1.29 is 9.90 Å². The van der Waals surface area contributed by atoms with Gasteiger partial charge in [0.15, 0.2) is 0 Å². The Bertz CT molecular complexity index is 348. The molecule has 0 saturated carbocycles. The highest BCUT2D eigenvalue weighted by Gasteiger charge is 2.30. The number of carbonyl (C=O) groups is 1. The van der Waals surface area contributed by atoms with Crippen molar-refractivity contribution in [2.24, 2.45) is 7.05 Å². The van der Waals surface area contributed by atoms with Gasteiger partial charge in [0.05, 0.1) is 11.7 Å². The first-order chi connectivity index (χ1) is 6.68. The number of nitrogens with zero attached hydrogens (tertiary/aromatic N) is 3. The van der Waals surface area contributed by atoms with Gasteiger partial charge in [-0.1, -0.05) is 0 Å². The van der Waals surface area contributed by atoms with E-state index < -0.39 is 6.09 Å². The zero-order chi connectivity index (χ0) is 10.1. The largest absolute Gasteiger partial charge is 0.465 e. The predicted octanol–water partition coefficient (Wildman–Crippen LogP) is 1.23. The Kier molecular flexibility index (Phi) is 2.15. The van der Waals surface area contributed by atoms with Crippen molar-refractivity contribution in [1.82, 2.24) is 14.7 Å². The van der Waals surface area contributed by atoms with Gasteiger partial charge in [-0.25, -0.2) is 4.79 Å². The fourth-order valence-corrected chi connectivity index (χ4v) is 1.91. The summed E-state index contributed by atoms with van der Waals surface area (Å²) in [5.74, 6) is 0.